The van der Waals surface area contributed by atoms with Crippen LogP contribution in [0.5, 0.6) is 0 Å². The van der Waals surface area contributed by atoms with Crippen LogP contribution in [0.15, 0.2) is 47.8 Å². The van der Waals surface area contributed by atoms with Gasteiger partial charge in [-0.3, -0.25) is 15.3 Å². The molecule has 2 heterocycles. The van der Waals surface area contributed by atoms with E-state index in [0.717, 1.165) is 25.8 Å². The minimum absolute atomic E-state index is 0.0543. The molecule has 1 aliphatic heterocycles. The first-order valence-electron chi connectivity index (χ1n) is 8.99. The normalized spacial score (nSPS) is 15.6. The average molecular weight is 422 g/mol. The first-order chi connectivity index (χ1) is 13.8. The average Bonchev–Trinajstić information content (AvgIpc) is 2.68. The second-order valence-corrected chi connectivity index (χ2v) is 7.06. The Kier molecular flexibility index (Phi) is 6.65. The van der Waals surface area contributed by atoms with Crippen LogP contribution in [0.3, 0.4) is 0 Å². The molecule has 0 saturated carbocycles. The predicted molar refractivity (Wildman–Crippen MR) is 111 cm³/mol. The van der Waals surface area contributed by atoms with Gasteiger partial charge in [-0.1, -0.05) is 6.07 Å². The molecule has 0 spiro atoms. The van der Waals surface area contributed by atoms with Crippen molar-refractivity contribution in [2.24, 2.45) is 10.8 Å². The number of halogens is 3. The third kappa shape index (κ3) is 5.88. The van der Waals surface area contributed by atoms with Crippen LogP contribution in [0.25, 0.3) is 0 Å². The Morgan fingerprint density at radius 1 is 1.17 bits per heavy atom. The molecule has 0 atom stereocenters. The minimum atomic E-state index is -4.50. The quantitative estimate of drug-likeness (QED) is 0.439. The van der Waals surface area contributed by atoms with Crippen LogP contribution in [-0.2, 0) is 12.7 Å². The monoisotopic (exact) mass is 422 g/mol. The highest BCUT2D eigenvalue weighted by Gasteiger charge is 2.34. The molecule has 2 aromatic rings. The van der Waals surface area contributed by atoms with Gasteiger partial charge in [-0.05, 0) is 42.0 Å². The number of nitrogens with one attached hydrogen (secondary N) is 1. The van der Waals surface area contributed by atoms with E-state index in [0.29, 0.717) is 18.8 Å². The molecule has 0 unspecified atom stereocenters. The van der Waals surface area contributed by atoms with E-state index in [1.807, 2.05) is 17.0 Å². The lowest BCUT2D eigenvalue weighted by Crippen LogP contribution is -2.46. The van der Waals surface area contributed by atoms with Gasteiger partial charge in [0, 0.05) is 56.4 Å². The Balaban J connectivity index is 1.69. The number of nitrogens with zero attached hydrogens (tertiary/aromatic N) is 4. The van der Waals surface area contributed by atoms with E-state index >= 15 is 0 Å². The van der Waals surface area contributed by atoms with Crippen LogP contribution in [-0.4, -0.2) is 47.4 Å². The summed E-state index contributed by atoms with van der Waals surface area (Å²) in [5.41, 5.74) is 8.41. The number of anilines is 1. The summed E-state index contributed by atoms with van der Waals surface area (Å²) in [7, 11) is 0. The number of benzene rings is 1. The number of aromatic nitrogens is 1. The Labute approximate surface area is 172 Å². The van der Waals surface area contributed by atoms with Gasteiger partial charge in [0.2, 0.25) is 0 Å². The SMILES string of the molecule is NC(=S)NN=Cc1ccc(N2CCN(Cc3ccncc3)CC2)cc1C(F)(F)F. The lowest BCUT2D eigenvalue weighted by molar-refractivity contribution is -0.137. The molecular formula is C19H21F3N6S. The van der Waals surface area contributed by atoms with Crippen LogP contribution in [0.2, 0.25) is 0 Å². The third-order valence-electron chi connectivity index (χ3n) is 4.61. The lowest BCUT2D eigenvalue weighted by Gasteiger charge is -2.36. The minimum Gasteiger partial charge on any atom is -0.375 e. The van der Waals surface area contributed by atoms with Crippen molar-refractivity contribution in [1.82, 2.24) is 15.3 Å². The summed E-state index contributed by atoms with van der Waals surface area (Å²) >= 11 is 4.59. The van der Waals surface area contributed by atoms with Crippen LogP contribution < -0.4 is 16.1 Å². The predicted octanol–water partition coefficient (Wildman–Crippen LogP) is 2.59. The maximum atomic E-state index is 13.5. The molecule has 1 saturated heterocycles. The van der Waals surface area contributed by atoms with Gasteiger partial charge in [0.05, 0.1) is 11.8 Å². The molecular weight excluding hydrogens is 401 g/mol. The molecule has 0 radical (unpaired) electrons. The number of hydrogen-bond acceptors (Lipinski definition) is 5. The van der Waals surface area contributed by atoms with Gasteiger partial charge in [-0.25, -0.2) is 0 Å². The Morgan fingerprint density at radius 3 is 2.48 bits per heavy atom. The Hall–Kier alpha value is -2.72. The number of rotatable bonds is 5. The number of hydrogen-bond donors (Lipinski definition) is 2. The smallest absolute Gasteiger partial charge is 0.375 e. The van der Waals surface area contributed by atoms with Gasteiger partial charge >= 0.3 is 6.18 Å². The van der Waals surface area contributed by atoms with E-state index in [1.54, 1.807) is 18.5 Å². The van der Waals surface area contributed by atoms with Crippen molar-refractivity contribution in [2.75, 3.05) is 31.1 Å². The zero-order chi connectivity index (χ0) is 20.9. The van der Waals surface area contributed by atoms with E-state index < -0.39 is 11.7 Å². The Morgan fingerprint density at radius 2 is 1.86 bits per heavy atom. The number of piperazine rings is 1. The molecule has 1 aromatic carbocycles. The fraction of sp³-hybridized carbons (Fsp3) is 0.316. The molecule has 6 nitrogen and oxygen atoms in total. The van der Waals surface area contributed by atoms with Crippen molar-refractivity contribution in [3.05, 3.63) is 59.4 Å². The first kappa shape index (κ1) is 21.0. The lowest BCUT2D eigenvalue weighted by atomic mass is 10.1. The van der Waals surface area contributed by atoms with E-state index in [9.17, 15) is 13.2 Å². The maximum Gasteiger partial charge on any atom is 0.417 e. The molecule has 1 fully saturated rings. The van der Waals surface area contributed by atoms with Crippen LogP contribution in [0.4, 0.5) is 18.9 Å². The highest BCUT2D eigenvalue weighted by molar-refractivity contribution is 7.80. The summed E-state index contributed by atoms with van der Waals surface area (Å²) in [6.07, 6.45) is 0.0829. The van der Waals surface area contributed by atoms with Gasteiger partial charge in [0.1, 0.15) is 0 Å². The van der Waals surface area contributed by atoms with E-state index in [1.165, 1.54) is 17.7 Å². The van der Waals surface area contributed by atoms with Gasteiger partial charge in [-0.2, -0.15) is 18.3 Å². The van der Waals surface area contributed by atoms with Gasteiger partial charge < -0.3 is 10.6 Å². The summed E-state index contributed by atoms with van der Waals surface area (Å²) in [6, 6.07) is 8.19. The molecule has 3 N–H and O–H groups in total. The molecule has 154 valence electrons. The second kappa shape index (κ2) is 9.19. The first-order valence-corrected chi connectivity index (χ1v) is 9.40. The summed E-state index contributed by atoms with van der Waals surface area (Å²) < 4.78 is 40.6. The van der Waals surface area contributed by atoms with Crippen molar-refractivity contribution < 1.29 is 13.2 Å². The second-order valence-electron chi connectivity index (χ2n) is 6.62. The van der Waals surface area contributed by atoms with Gasteiger partial charge in [0.25, 0.3) is 0 Å². The number of hydrazone groups is 1. The number of nitrogens with two attached hydrogens (primary N) is 1. The zero-order valence-corrected chi connectivity index (χ0v) is 16.4. The van der Waals surface area contributed by atoms with Gasteiger partial charge in [0.15, 0.2) is 5.11 Å². The molecule has 1 aromatic heterocycles. The largest absolute Gasteiger partial charge is 0.417 e. The molecule has 0 aliphatic carbocycles. The summed E-state index contributed by atoms with van der Waals surface area (Å²) in [4.78, 5) is 8.25. The summed E-state index contributed by atoms with van der Waals surface area (Å²) in [5, 5.41) is 3.53. The fourth-order valence-electron chi connectivity index (χ4n) is 3.18. The van der Waals surface area contributed by atoms with Crippen molar-refractivity contribution in [3.8, 4) is 0 Å². The van der Waals surface area contributed by atoms with Crippen molar-refractivity contribution in [3.63, 3.8) is 0 Å². The molecule has 0 bridgehead atoms. The third-order valence-corrected chi connectivity index (χ3v) is 4.70. The molecule has 10 heteroatoms. The van der Waals surface area contributed by atoms with Crippen molar-refractivity contribution >= 4 is 29.2 Å². The summed E-state index contributed by atoms with van der Waals surface area (Å²) in [5.74, 6) is 0. The molecule has 0 amide bonds. The number of pyridine rings is 1. The van der Waals surface area contributed by atoms with Gasteiger partial charge in [-0.15, -0.1) is 0 Å². The van der Waals surface area contributed by atoms with Crippen LogP contribution in [0.1, 0.15) is 16.7 Å². The highest BCUT2D eigenvalue weighted by atomic mass is 32.1. The van der Waals surface area contributed by atoms with Crippen molar-refractivity contribution in [2.45, 2.75) is 12.7 Å². The van der Waals surface area contributed by atoms with Crippen LogP contribution in [0, 0.1) is 0 Å². The number of alkyl halides is 3. The maximum absolute atomic E-state index is 13.5. The topological polar surface area (TPSA) is 69.8 Å². The number of thiocarbonyl (C=S) groups is 1. The van der Waals surface area contributed by atoms with Crippen LogP contribution >= 0.6 is 12.2 Å². The van der Waals surface area contributed by atoms with Crippen molar-refractivity contribution in [1.29, 1.82) is 0 Å². The highest BCUT2D eigenvalue weighted by Crippen LogP contribution is 2.34. The van der Waals surface area contributed by atoms with E-state index in [-0.39, 0.29) is 10.7 Å². The molecule has 29 heavy (non-hydrogen) atoms. The fourth-order valence-corrected chi connectivity index (χ4v) is 3.23. The molecule has 1 aliphatic rings. The summed E-state index contributed by atoms with van der Waals surface area (Å²) in [6.45, 7) is 3.64. The zero-order valence-electron chi connectivity index (χ0n) is 15.6. The Bertz CT molecular complexity index is 864. The molecule has 3 rings (SSSR count). The van der Waals surface area contributed by atoms with E-state index in [4.69, 9.17) is 5.73 Å². The standard InChI is InChI=1S/C19H21F3N6S/c20-19(21,22)17-11-16(2-1-15(17)12-25-26-18(23)29)28-9-7-27(8-10-28)13-14-3-5-24-6-4-14/h1-6,11-12H,7-10,13H2,(H3,23,26,29). The van der Waals surface area contributed by atoms with E-state index in [2.05, 4.69) is 32.6 Å².